The van der Waals surface area contributed by atoms with Gasteiger partial charge in [-0.25, -0.2) is 9.97 Å². The number of hydrogen-bond donors (Lipinski definition) is 0. The van der Waals surface area contributed by atoms with E-state index >= 15 is 0 Å². The van der Waals surface area contributed by atoms with Gasteiger partial charge < -0.3 is 0 Å². The van der Waals surface area contributed by atoms with E-state index in [4.69, 9.17) is 0 Å². The summed E-state index contributed by atoms with van der Waals surface area (Å²) < 4.78 is 1.27. The Morgan fingerprint density at radius 3 is 2.72 bits per heavy atom. The van der Waals surface area contributed by atoms with Crippen LogP contribution in [0.2, 0.25) is 0 Å². The molecule has 0 spiro atoms. The predicted molar refractivity (Wildman–Crippen MR) is 104 cm³/mol. The van der Waals surface area contributed by atoms with Gasteiger partial charge in [0.1, 0.15) is 11.2 Å². The Morgan fingerprint density at radius 2 is 2.00 bits per heavy atom. The minimum Gasteiger partial charge on any atom is -0.267 e. The second kappa shape index (κ2) is 6.34. The van der Waals surface area contributed by atoms with Crippen LogP contribution in [-0.2, 0) is 0 Å². The maximum Gasteiger partial charge on any atom is 0.283 e. The molecule has 0 saturated carbocycles. The van der Waals surface area contributed by atoms with Gasteiger partial charge in [-0.15, -0.1) is 22.7 Å². The normalized spacial score (nSPS) is 11.6. The summed E-state index contributed by atoms with van der Waals surface area (Å²) in [5.41, 5.74) is 2.52. The van der Waals surface area contributed by atoms with E-state index in [1.165, 1.54) is 22.3 Å². The molecule has 3 aromatic heterocycles. The number of aryl methyl sites for hydroxylation is 2. The Kier molecular flexibility index (Phi) is 4.03. The molecule has 124 valence electrons. The van der Waals surface area contributed by atoms with Crippen molar-refractivity contribution in [1.82, 2.24) is 14.6 Å². The highest BCUT2D eigenvalue weighted by Gasteiger charge is 2.16. The molecular formula is C18H14N4OS2. The van der Waals surface area contributed by atoms with Crippen LogP contribution in [0, 0.1) is 13.8 Å². The van der Waals surface area contributed by atoms with Crippen LogP contribution in [0.15, 0.2) is 51.9 Å². The number of aromatic nitrogens is 3. The maximum atomic E-state index is 13.0. The lowest BCUT2D eigenvalue weighted by atomic mass is 10.0. The van der Waals surface area contributed by atoms with Gasteiger partial charge in [0.05, 0.1) is 22.3 Å². The summed E-state index contributed by atoms with van der Waals surface area (Å²) >= 11 is 3.07. The molecule has 0 unspecified atom stereocenters. The molecule has 25 heavy (non-hydrogen) atoms. The molecule has 1 aromatic carbocycles. The van der Waals surface area contributed by atoms with Crippen LogP contribution < -0.4 is 5.56 Å². The number of thiazole rings is 1. The Morgan fingerprint density at radius 1 is 1.20 bits per heavy atom. The number of fused-ring (bicyclic) bond motifs is 1. The zero-order valence-corrected chi connectivity index (χ0v) is 15.3. The second-order valence-corrected chi connectivity index (χ2v) is 7.78. The summed E-state index contributed by atoms with van der Waals surface area (Å²) in [5.74, 6) is 0. The topological polar surface area (TPSA) is 60.1 Å². The number of hydrogen-bond acceptors (Lipinski definition) is 6. The third-order valence-electron chi connectivity index (χ3n) is 3.79. The van der Waals surface area contributed by atoms with Gasteiger partial charge in [-0.3, -0.25) is 4.79 Å². The molecule has 0 amide bonds. The van der Waals surface area contributed by atoms with Gasteiger partial charge in [0.2, 0.25) is 0 Å². The van der Waals surface area contributed by atoms with Crippen molar-refractivity contribution in [1.29, 1.82) is 0 Å². The van der Waals surface area contributed by atoms with Crippen LogP contribution in [0.25, 0.3) is 21.3 Å². The van der Waals surface area contributed by atoms with E-state index in [1.807, 2.05) is 49.6 Å². The third kappa shape index (κ3) is 2.92. The van der Waals surface area contributed by atoms with Gasteiger partial charge in [0.15, 0.2) is 0 Å². The van der Waals surface area contributed by atoms with E-state index in [0.717, 1.165) is 31.5 Å². The monoisotopic (exact) mass is 366 g/mol. The standard InChI is InChI=1S/C18H14N4OS2/c1-11-15(13-6-4-3-5-7-13)16-17(25-11)19-10-22(18(16)23)20-8-14-9-24-12(2)21-14/h3-10H,1-2H3/b20-8-. The second-order valence-electron chi connectivity index (χ2n) is 5.51. The average molecular weight is 366 g/mol. The Bertz CT molecular complexity index is 1140. The van der Waals surface area contributed by atoms with Crippen molar-refractivity contribution in [2.75, 3.05) is 0 Å². The van der Waals surface area contributed by atoms with Crippen molar-refractivity contribution < 1.29 is 0 Å². The van der Waals surface area contributed by atoms with E-state index in [-0.39, 0.29) is 5.56 Å². The van der Waals surface area contributed by atoms with Gasteiger partial charge in [0, 0.05) is 15.8 Å². The molecule has 0 bridgehead atoms. The molecular weight excluding hydrogens is 352 g/mol. The van der Waals surface area contributed by atoms with Crippen LogP contribution in [0.5, 0.6) is 0 Å². The first kappa shape index (κ1) is 15.9. The van der Waals surface area contributed by atoms with Crippen LogP contribution in [0.1, 0.15) is 15.6 Å². The molecule has 0 aliphatic carbocycles. The quantitative estimate of drug-likeness (QED) is 0.513. The first-order valence-electron chi connectivity index (χ1n) is 7.66. The summed E-state index contributed by atoms with van der Waals surface area (Å²) in [6, 6.07) is 9.91. The molecule has 7 heteroatoms. The molecule has 0 radical (unpaired) electrons. The smallest absolute Gasteiger partial charge is 0.267 e. The van der Waals surface area contributed by atoms with Gasteiger partial charge >= 0.3 is 0 Å². The predicted octanol–water partition coefficient (Wildman–Crippen LogP) is 4.08. The Balaban J connectivity index is 1.87. The van der Waals surface area contributed by atoms with E-state index in [2.05, 4.69) is 15.1 Å². The molecule has 3 heterocycles. The van der Waals surface area contributed by atoms with Crippen molar-refractivity contribution in [3.8, 4) is 11.1 Å². The zero-order chi connectivity index (χ0) is 17.4. The number of benzene rings is 1. The highest BCUT2D eigenvalue weighted by Crippen LogP contribution is 2.35. The van der Waals surface area contributed by atoms with Gasteiger partial charge in [0.25, 0.3) is 5.56 Å². The Labute approximate surface area is 151 Å². The fourth-order valence-corrected chi connectivity index (χ4v) is 4.26. The fraction of sp³-hybridized carbons (Fsp3) is 0.111. The molecule has 0 aliphatic rings. The summed E-state index contributed by atoms with van der Waals surface area (Å²) in [5, 5.41) is 7.73. The molecule has 0 aliphatic heterocycles. The number of nitrogens with zero attached hydrogens (tertiary/aromatic N) is 4. The van der Waals surface area contributed by atoms with Crippen LogP contribution in [-0.4, -0.2) is 20.9 Å². The zero-order valence-electron chi connectivity index (χ0n) is 13.6. The molecule has 4 rings (SSSR count). The molecule has 5 nitrogen and oxygen atoms in total. The van der Waals surface area contributed by atoms with E-state index < -0.39 is 0 Å². The molecule has 0 atom stereocenters. The van der Waals surface area contributed by atoms with Crippen molar-refractivity contribution in [3.63, 3.8) is 0 Å². The van der Waals surface area contributed by atoms with E-state index in [1.54, 1.807) is 17.6 Å². The molecule has 0 saturated heterocycles. The van der Waals surface area contributed by atoms with E-state index in [9.17, 15) is 4.79 Å². The fourth-order valence-electron chi connectivity index (χ4n) is 2.69. The molecule has 4 aromatic rings. The first-order chi connectivity index (χ1) is 12.1. The number of rotatable bonds is 3. The average Bonchev–Trinajstić information content (AvgIpc) is 3.18. The van der Waals surface area contributed by atoms with E-state index in [0.29, 0.717) is 5.39 Å². The van der Waals surface area contributed by atoms with Crippen molar-refractivity contribution >= 4 is 39.1 Å². The highest BCUT2D eigenvalue weighted by atomic mass is 32.1. The third-order valence-corrected chi connectivity index (χ3v) is 5.59. The first-order valence-corrected chi connectivity index (χ1v) is 9.36. The molecule has 0 N–H and O–H groups in total. The van der Waals surface area contributed by atoms with Crippen LogP contribution in [0.3, 0.4) is 0 Å². The van der Waals surface area contributed by atoms with Gasteiger partial charge in [-0.1, -0.05) is 30.3 Å². The highest BCUT2D eigenvalue weighted by molar-refractivity contribution is 7.19. The summed E-state index contributed by atoms with van der Waals surface area (Å²) in [6.07, 6.45) is 3.05. The van der Waals surface area contributed by atoms with Crippen molar-refractivity contribution in [2.24, 2.45) is 5.10 Å². The van der Waals surface area contributed by atoms with Crippen LogP contribution >= 0.6 is 22.7 Å². The lowest BCUT2D eigenvalue weighted by Gasteiger charge is -2.02. The lowest BCUT2D eigenvalue weighted by molar-refractivity contribution is 0.818. The summed E-state index contributed by atoms with van der Waals surface area (Å²) in [6.45, 7) is 3.95. The summed E-state index contributed by atoms with van der Waals surface area (Å²) in [7, 11) is 0. The maximum absolute atomic E-state index is 13.0. The van der Waals surface area contributed by atoms with Crippen molar-refractivity contribution in [2.45, 2.75) is 13.8 Å². The largest absolute Gasteiger partial charge is 0.283 e. The summed E-state index contributed by atoms with van der Waals surface area (Å²) in [4.78, 5) is 23.5. The van der Waals surface area contributed by atoms with Crippen LogP contribution in [0.4, 0.5) is 0 Å². The van der Waals surface area contributed by atoms with Gasteiger partial charge in [-0.05, 0) is 19.4 Å². The minimum absolute atomic E-state index is 0.170. The van der Waals surface area contributed by atoms with Gasteiger partial charge in [-0.2, -0.15) is 9.78 Å². The lowest BCUT2D eigenvalue weighted by Crippen LogP contribution is -2.16. The van der Waals surface area contributed by atoms with Crippen molar-refractivity contribution in [3.05, 3.63) is 68.0 Å². The SMILES string of the molecule is Cc1nc(/C=N\n2cnc3sc(C)c(-c4ccccc4)c3c2=O)cs1. The Hall–Kier alpha value is -2.64. The number of thiophene rings is 1. The molecule has 0 fully saturated rings. The minimum atomic E-state index is -0.170.